The van der Waals surface area contributed by atoms with Crippen molar-refractivity contribution in [2.24, 2.45) is 0 Å². The number of phenols is 1. The summed E-state index contributed by atoms with van der Waals surface area (Å²) in [6, 6.07) is 20.6. The molecule has 1 amide bonds. The number of hydrogen-bond acceptors (Lipinski definition) is 14. The van der Waals surface area contributed by atoms with Gasteiger partial charge in [-0.1, -0.05) is 70.2 Å². The number of rotatable bonds is 11. The number of carbonyl (C=O) groups is 1. The number of phenolic OH excluding ortho intramolecular Hbond substituents is 1. The number of hydrogen-bond donors (Lipinski definition) is 1. The number of halogens is 4. The largest absolute Gasteiger partial charge is 0.507 e. The number of methoxy groups -OCH3 is 1. The van der Waals surface area contributed by atoms with Gasteiger partial charge in [-0.2, -0.15) is 9.97 Å². The Hall–Kier alpha value is -9.27. The number of ether oxygens (including phenoxy) is 2. The number of aryl methyl sites for hydroxylation is 2. The zero-order valence-corrected chi connectivity index (χ0v) is 48.7. The highest BCUT2D eigenvalue weighted by Crippen LogP contribution is 2.41. The van der Waals surface area contributed by atoms with Crippen molar-refractivity contribution < 1.29 is 36.9 Å². The lowest BCUT2D eigenvalue weighted by atomic mass is 10.0. The second kappa shape index (κ2) is 24.5. The summed E-state index contributed by atoms with van der Waals surface area (Å²) < 4.78 is 77.1. The summed E-state index contributed by atoms with van der Waals surface area (Å²) in [5.74, 6) is -3.36. The van der Waals surface area contributed by atoms with Crippen LogP contribution in [0.15, 0.2) is 113 Å². The van der Waals surface area contributed by atoms with Crippen LogP contribution in [0, 0.1) is 37.1 Å². The Labute approximate surface area is 488 Å². The van der Waals surface area contributed by atoms with Gasteiger partial charge >= 0.3 is 17.5 Å². The van der Waals surface area contributed by atoms with Gasteiger partial charge < -0.3 is 29.3 Å². The molecule has 8 heterocycles. The van der Waals surface area contributed by atoms with Gasteiger partial charge in [0.05, 0.1) is 51.8 Å². The van der Waals surface area contributed by atoms with Crippen LogP contribution in [0.3, 0.4) is 0 Å². The van der Waals surface area contributed by atoms with E-state index in [4.69, 9.17) is 9.47 Å². The third-order valence-electron chi connectivity index (χ3n) is 15.7. The minimum absolute atomic E-state index is 0.0707. The van der Waals surface area contributed by atoms with Crippen LogP contribution in [0.4, 0.5) is 34.0 Å². The van der Waals surface area contributed by atoms with E-state index in [1.807, 2.05) is 88.6 Å². The number of pyridine rings is 4. The molecule has 9 aromatic rings. The molecule has 0 unspecified atom stereocenters. The SMILES string of the molecule is COc1cccc(F)c1-c1ncc2c(N3CCN(C(=O)OCc4ccccc4)C[C@@H]3C)nc(=O)n(-c3c(C)ccnc3C(C)C)c2c1F.Cc1ccnc(C(C)C)c1-n1c(=O)nc(N2CCCC[C@@H]2C)c2cnc(-c3c(O)cccc3F)c(F)c21. The summed E-state index contributed by atoms with van der Waals surface area (Å²) in [6.45, 7) is 17.0. The number of aromatic nitrogens is 8. The summed E-state index contributed by atoms with van der Waals surface area (Å²) >= 11 is 0. The quantitative estimate of drug-likeness (QED) is 0.121. The standard InChI is InChI=1S/C36H36F2N6O4.C28H29F2N5O2/c1-21(2)30-32(22(3)14-15-39-30)44-33-25(18-40-31(29(33)38)28-26(37)12-9-13-27(28)47-5)34(41-35(44)45)43-17-16-42(19-23(43)4)36(46)48-20-24-10-7-6-8-11-24;1-15(2)23-25(16(3)11-12-31-23)35-26-18(27(33-28(35)37)34-13-6-5-8-17(34)4)14-32-24(22(26)30)21-19(29)9-7-10-20(21)36/h6-15,18,21,23H,16-17,19-20H2,1-5H3;7,9-12,14-15,17,36H,5-6,8,13H2,1-4H3/t23-;17-/m00/s1. The molecule has 0 radical (unpaired) electrons. The van der Waals surface area contributed by atoms with Gasteiger partial charge in [0.2, 0.25) is 0 Å². The van der Waals surface area contributed by atoms with E-state index in [2.05, 4.69) is 36.8 Å². The van der Waals surface area contributed by atoms with E-state index in [1.54, 1.807) is 29.4 Å². The molecule has 1 N–H and O–H groups in total. The Morgan fingerprint density at radius 3 is 1.69 bits per heavy atom. The topological polar surface area (TPSA) is 187 Å². The zero-order valence-electron chi connectivity index (χ0n) is 48.7. The lowest BCUT2D eigenvalue weighted by Crippen LogP contribution is -2.54. The molecule has 440 valence electrons. The van der Waals surface area contributed by atoms with Gasteiger partial charge in [0.1, 0.15) is 63.8 Å². The Kier molecular flexibility index (Phi) is 17.0. The first kappa shape index (κ1) is 58.9. The maximum Gasteiger partial charge on any atom is 0.410 e. The normalized spacial score (nSPS) is 15.4. The third-order valence-corrected chi connectivity index (χ3v) is 15.7. The van der Waals surface area contributed by atoms with Gasteiger partial charge in [0, 0.05) is 63.1 Å². The lowest BCUT2D eigenvalue weighted by molar-refractivity contribution is 0.0898. The number of amides is 1. The Morgan fingerprint density at radius 1 is 0.647 bits per heavy atom. The van der Waals surface area contributed by atoms with Crippen LogP contribution in [0.2, 0.25) is 0 Å². The molecular weight excluding hydrogens is 1090 g/mol. The molecule has 0 bridgehead atoms. The van der Waals surface area contributed by atoms with Gasteiger partial charge in [-0.05, 0) is 112 Å². The van der Waals surface area contributed by atoms with Gasteiger partial charge in [-0.3, -0.25) is 29.1 Å². The fourth-order valence-electron chi connectivity index (χ4n) is 11.4. The second-order valence-electron chi connectivity index (χ2n) is 22.0. The highest BCUT2D eigenvalue weighted by molar-refractivity contribution is 5.95. The van der Waals surface area contributed by atoms with Crippen LogP contribution in [-0.2, 0) is 11.3 Å². The van der Waals surface area contributed by atoms with Crippen molar-refractivity contribution in [3.05, 3.63) is 176 Å². The summed E-state index contributed by atoms with van der Waals surface area (Å²) in [4.78, 5) is 72.9. The van der Waals surface area contributed by atoms with E-state index in [9.17, 15) is 23.9 Å². The van der Waals surface area contributed by atoms with Gasteiger partial charge in [0.25, 0.3) is 0 Å². The molecule has 0 aliphatic carbocycles. The van der Waals surface area contributed by atoms with Crippen molar-refractivity contribution in [1.82, 2.24) is 43.9 Å². The molecule has 2 aliphatic rings. The first-order valence-corrected chi connectivity index (χ1v) is 28.2. The number of nitrogens with zero attached hydrogens (tertiary/aromatic N) is 11. The predicted molar refractivity (Wildman–Crippen MR) is 318 cm³/mol. The van der Waals surface area contributed by atoms with Crippen molar-refractivity contribution in [2.45, 2.75) is 105 Å². The molecule has 2 saturated heterocycles. The smallest absolute Gasteiger partial charge is 0.410 e. The molecule has 2 aliphatic heterocycles. The summed E-state index contributed by atoms with van der Waals surface area (Å²) in [5, 5.41) is 11.0. The minimum Gasteiger partial charge on any atom is -0.507 e. The maximum atomic E-state index is 17.1. The van der Waals surface area contributed by atoms with Crippen molar-refractivity contribution in [3.63, 3.8) is 0 Å². The van der Waals surface area contributed by atoms with Crippen molar-refractivity contribution >= 4 is 39.5 Å². The van der Waals surface area contributed by atoms with Crippen LogP contribution in [0.5, 0.6) is 11.5 Å². The molecule has 11 rings (SSSR count). The Morgan fingerprint density at radius 2 is 1.18 bits per heavy atom. The number of carbonyl (C=O) groups excluding carboxylic acids is 1. The van der Waals surface area contributed by atoms with E-state index in [1.165, 1.54) is 59.0 Å². The number of benzene rings is 3. The van der Waals surface area contributed by atoms with Gasteiger partial charge in [-0.25, -0.2) is 31.9 Å². The predicted octanol–water partition coefficient (Wildman–Crippen LogP) is 12.0. The molecule has 6 aromatic heterocycles. The second-order valence-corrected chi connectivity index (χ2v) is 22.0. The van der Waals surface area contributed by atoms with E-state index >= 15 is 13.2 Å². The van der Waals surface area contributed by atoms with E-state index in [0.29, 0.717) is 52.6 Å². The average molecular weight is 1160 g/mol. The van der Waals surface area contributed by atoms with Crippen molar-refractivity contribution in [1.29, 1.82) is 0 Å². The van der Waals surface area contributed by atoms with Crippen LogP contribution in [0.1, 0.15) is 101 Å². The first-order chi connectivity index (χ1) is 40.8. The molecule has 17 nitrogen and oxygen atoms in total. The molecule has 3 aromatic carbocycles. The molecule has 0 saturated carbocycles. The molecule has 2 fully saturated rings. The third kappa shape index (κ3) is 11.2. The fraction of sp³-hybridized carbons (Fsp3) is 0.328. The molecule has 85 heavy (non-hydrogen) atoms. The van der Waals surface area contributed by atoms with E-state index in [-0.39, 0.29) is 94.1 Å². The van der Waals surface area contributed by atoms with Gasteiger partial charge in [0.15, 0.2) is 11.6 Å². The summed E-state index contributed by atoms with van der Waals surface area (Å²) in [6.07, 6.45) is 8.56. The van der Waals surface area contributed by atoms with Crippen LogP contribution in [0.25, 0.3) is 55.7 Å². The van der Waals surface area contributed by atoms with Crippen molar-refractivity contribution in [2.75, 3.05) is 43.1 Å². The van der Waals surface area contributed by atoms with Crippen molar-refractivity contribution in [3.8, 4) is 45.4 Å². The summed E-state index contributed by atoms with van der Waals surface area (Å²) in [5.41, 5.74) is 1.49. The van der Waals surface area contributed by atoms with E-state index in [0.717, 1.165) is 36.5 Å². The average Bonchev–Trinajstić information content (AvgIpc) is 1.52. The van der Waals surface area contributed by atoms with Gasteiger partial charge in [-0.15, -0.1) is 0 Å². The highest BCUT2D eigenvalue weighted by atomic mass is 19.1. The van der Waals surface area contributed by atoms with Crippen LogP contribution >= 0.6 is 0 Å². The monoisotopic (exact) mass is 1160 g/mol. The number of anilines is 2. The minimum atomic E-state index is -0.915. The van der Waals surface area contributed by atoms with Crippen LogP contribution in [-0.4, -0.2) is 101 Å². The number of piperazine rings is 1. The molecule has 21 heteroatoms. The fourth-order valence-corrected chi connectivity index (χ4v) is 11.4. The number of piperidine rings is 1. The molecule has 0 spiro atoms. The lowest BCUT2D eigenvalue weighted by Gasteiger charge is -2.40. The van der Waals surface area contributed by atoms with E-state index < -0.39 is 46.5 Å². The maximum absolute atomic E-state index is 17.1. The highest BCUT2D eigenvalue weighted by Gasteiger charge is 2.34. The summed E-state index contributed by atoms with van der Waals surface area (Å²) in [7, 11) is 1.36. The molecule has 2 atom stereocenters. The Bertz CT molecular complexity index is 4120. The first-order valence-electron chi connectivity index (χ1n) is 28.2. The Balaban J connectivity index is 0.000000195. The van der Waals surface area contributed by atoms with Crippen LogP contribution < -0.4 is 25.9 Å². The zero-order chi connectivity index (χ0) is 60.5. The molecular formula is C64H65F4N11O6. The number of aromatic hydroxyl groups is 1. The number of fused-ring (bicyclic) bond motifs is 2.